The van der Waals surface area contributed by atoms with Gasteiger partial charge in [0, 0.05) is 41.5 Å². The van der Waals surface area contributed by atoms with Crippen molar-refractivity contribution in [2.75, 3.05) is 42.7 Å². The molecule has 0 spiro atoms. The van der Waals surface area contributed by atoms with Gasteiger partial charge in [0.2, 0.25) is 5.91 Å². The van der Waals surface area contributed by atoms with Crippen molar-refractivity contribution >= 4 is 51.7 Å². The van der Waals surface area contributed by atoms with Crippen LogP contribution in [0.1, 0.15) is 30.9 Å². The highest BCUT2D eigenvalue weighted by Gasteiger charge is 2.28. The number of rotatable bonds is 9. The van der Waals surface area contributed by atoms with Crippen LogP contribution in [0.4, 0.5) is 17.1 Å². The first kappa shape index (κ1) is 25.5. The van der Waals surface area contributed by atoms with E-state index in [1.807, 2.05) is 86.6 Å². The molecule has 0 aliphatic carbocycles. The van der Waals surface area contributed by atoms with Crippen LogP contribution >= 0.6 is 11.6 Å². The van der Waals surface area contributed by atoms with Crippen molar-refractivity contribution in [3.63, 3.8) is 0 Å². The van der Waals surface area contributed by atoms with Crippen molar-refractivity contribution in [1.82, 2.24) is 4.90 Å². The first-order valence-electron chi connectivity index (χ1n) is 12.1. The van der Waals surface area contributed by atoms with E-state index in [-0.39, 0.29) is 11.8 Å². The van der Waals surface area contributed by atoms with Crippen molar-refractivity contribution < 1.29 is 9.59 Å². The van der Waals surface area contributed by atoms with Crippen LogP contribution in [0.3, 0.4) is 0 Å². The van der Waals surface area contributed by atoms with Crippen LogP contribution in [0, 0.1) is 0 Å². The Morgan fingerprint density at radius 1 is 0.972 bits per heavy atom. The summed E-state index contributed by atoms with van der Waals surface area (Å²) < 4.78 is 0. The Kier molecular flexibility index (Phi) is 8.08. The highest BCUT2D eigenvalue weighted by Crippen LogP contribution is 2.38. The number of amides is 2. The van der Waals surface area contributed by atoms with Gasteiger partial charge < -0.3 is 20.4 Å². The largest absolute Gasteiger partial charge is 0.354 e. The van der Waals surface area contributed by atoms with Crippen molar-refractivity contribution in [3.8, 4) is 0 Å². The third kappa shape index (κ3) is 5.78. The number of hydrogen-bond acceptors (Lipinski definition) is 4. The van der Waals surface area contributed by atoms with Crippen LogP contribution in [0.25, 0.3) is 11.3 Å². The zero-order valence-corrected chi connectivity index (χ0v) is 21.6. The highest BCUT2D eigenvalue weighted by molar-refractivity contribution is 6.38. The molecule has 6 nitrogen and oxygen atoms in total. The molecule has 4 rings (SSSR count). The van der Waals surface area contributed by atoms with Gasteiger partial charge in [0.15, 0.2) is 0 Å². The summed E-state index contributed by atoms with van der Waals surface area (Å²) in [6.07, 6.45) is 1.32. The molecule has 2 amide bonds. The van der Waals surface area contributed by atoms with Crippen LogP contribution in [0.15, 0.2) is 72.8 Å². The summed E-state index contributed by atoms with van der Waals surface area (Å²) >= 11 is 6.15. The van der Waals surface area contributed by atoms with E-state index >= 15 is 0 Å². The predicted octanol–water partition coefficient (Wildman–Crippen LogP) is 5.97. The summed E-state index contributed by atoms with van der Waals surface area (Å²) in [5, 5.41) is 6.96. The monoisotopic (exact) mass is 502 g/mol. The van der Waals surface area contributed by atoms with E-state index in [2.05, 4.69) is 15.5 Å². The van der Waals surface area contributed by atoms with E-state index in [1.165, 1.54) is 0 Å². The van der Waals surface area contributed by atoms with Crippen molar-refractivity contribution in [2.45, 2.75) is 19.8 Å². The standard InChI is InChI=1S/C29H31ClN4O2/c1-4-8-26(35)34(18-17-33(2)3)23-14-12-22(13-15-23)31-28(20-9-6-5-7-10-20)27-24-16-11-21(30)19-25(24)32-29(27)36/h5-7,9-16,19,31H,4,8,17-18H2,1-3H3,(H,32,36)/b28-27-. The lowest BCUT2D eigenvalue weighted by Crippen LogP contribution is -2.36. The Balaban J connectivity index is 1.69. The van der Waals surface area contributed by atoms with Crippen LogP contribution in [-0.4, -0.2) is 43.9 Å². The minimum atomic E-state index is -0.185. The summed E-state index contributed by atoms with van der Waals surface area (Å²) in [4.78, 5) is 29.7. The van der Waals surface area contributed by atoms with E-state index in [9.17, 15) is 9.59 Å². The Hall–Kier alpha value is -3.61. The van der Waals surface area contributed by atoms with Gasteiger partial charge in [-0.2, -0.15) is 0 Å². The molecule has 186 valence electrons. The van der Waals surface area contributed by atoms with Gasteiger partial charge in [-0.3, -0.25) is 9.59 Å². The highest BCUT2D eigenvalue weighted by atomic mass is 35.5. The maximum absolute atomic E-state index is 13.1. The Labute approximate surface area is 217 Å². The molecular weight excluding hydrogens is 472 g/mol. The number of benzene rings is 3. The van der Waals surface area contributed by atoms with E-state index in [0.717, 1.165) is 35.5 Å². The first-order valence-corrected chi connectivity index (χ1v) is 12.5. The second-order valence-corrected chi connectivity index (χ2v) is 9.47. The number of hydrogen-bond donors (Lipinski definition) is 2. The van der Waals surface area contributed by atoms with Crippen LogP contribution in [-0.2, 0) is 9.59 Å². The zero-order chi connectivity index (χ0) is 25.7. The molecule has 0 radical (unpaired) electrons. The summed E-state index contributed by atoms with van der Waals surface area (Å²) in [6.45, 7) is 3.41. The smallest absolute Gasteiger partial charge is 0.258 e. The maximum atomic E-state index is 13.1. The summed E-state index contributed by atoms with van der Waals surface area (Å²) in [6, 6.07) is 22.9. The Bertz CT molecular complexity index is 1270. The van der Waals surface area contributed by atoms with Gasteiger partial charge in [-0.05, 0) is 62.5 Å². The zero-order valence-electron chi connectivity index (χ0n) is 20.8. The lowest BCUT2D eigenvalue weighted by molar-refractivity contribution is -0.118. The minimum absolute atomic E-state index is 0.116. The second-order valence-electron chi connectivity index (χ2n) is 9.03. The molecule has 0 fully saturated rings. The normalized spacial score (nSPS) is 13.9. The molecule has 2 N–H and O–H groups in total. The topological polar surface area (TPSA) is 64.7 Å². The molecular formula is C29H31ClN4O2. The van der Waals surface area contributed by atoms with Gasteiger partial charge in [-0.25, -0.2) is 0 Å². The molecule has 0 atom stereocenters. The second kappa shape index (κ2) is 11.4. The molecule has 36 heavy (non-hydrogen) atoms. The third-order valence-corrected chi connectivity index (χ3v) is 6.26. The lowest BCUT2D eigenvalue weighted by atomic mass is 10.00. The van der Waals surface area contributed by atoms with Crippen LogP contribution in [0.5, 0.6) is 0 Å². The Morgan fingerprint density at radius 2 is 1.69 bits per heavy atom. The molecule has 1 heterocycles. The Morgan fingerprint density at radius 3 is 2.36 bits per heavy atom. The molecule has 0 bridgehead atoms. The summed E-state index contributed by atoms with van der Waals surface area (Å²) in [5.41, 5.74) is 5.31. The van der Waals surface area contributed by atoms with Crippen LogP contribution < -0.4 is 15.5 Å². The average Bonchev–Trinajstić information content (AvgIpc) is 3.18. The summed E-state index contributed by atoms with van der Waals surface area (Å²) in [7, 11) is 4.00. The first-order chi connectivity index (χ1) is 17.4. The number of carbonyl (C=O) groups excluding carboxylic acids is 2. The molecule has 0 saturated carbocycles. The van der Waals surface area contributed by atoms with Gasteiger partial charge >= 0.3 is 0 Å². The molecule has 3 aromatic rings. The third-order valence-electron chi connectivity index (χ3n) is 6.02. The maximum Gasteiger partial charge on any atom is 0.258 e. The number of fused-ring (bicyclic) bond motifs is 1. The van der Waals surface area contributed by atoms with Crippen molar-refractivity contribution in [3.05, 3.63) is 88.9 Å². The van der Waals surface area contributed by atoms with E-state index in [4.69, 9.17) is 11.6 Å². The number of likely N-dealkylation sites (N-methyl/N-ethyl adjacent to an activating group) is 1. The number of anilines is 3. The number of nitrogens with one attached hydrogen (secondary N) is 2. The molecule has 7 heteroatoms. The van der Waals surface area contributed by atoms with Crippen molar-refractivity contribution in [2.24, 2.45) is 0 Å². The fourth-order valence-corrected chi connectivity index (χ4v) is 4.36. The molecule has 1 aliphatic heterocycles. The lowest BCUT2D eigenvalue weighted by Gasteiger charge is -2.25. The van der Waals surface area contributed by atoms with E-state index < -0.39 is 0 Å². The minimum Gasteiger partial charge on any atom is -0.354 e. The average molecular weight is 503 g/mol. The quantitative estimate of drug-likeness (QED) is 0.354. The number of halogens is 1. The molecule has 0 aromatic heterocycles. The van der Waals surface area contributed by atoms with Gasteiger partial charge in [0.05, 0.1) is 17.0 Å². The van der Waals surface area contributed by atoms with Crippen LogP contribution in [0.2, 0.25) is 5.02 Å². The van der Waals surface area contributed by atoms with E-state index in [1.54, 1.807) is 12.1 Å². The fourth-order valence-electron chi connectivity index (χ4n) is 4.19. The SMILES string of the molecule is CCCC(=O)N(CCN(C)C)c1ccc(N/C(=C2\C(=O)Nc3cc(Cl)ccc32)c2ccccc2)cc1. The summed E-state index contributed by atoms with van der Waals surface area (Å²) in [5.74, 6) is -0.0692. The molecule has 0 unspecified atom stereocenters. The van der Waals surface area contributed by atoms with Crippen molar-refractivity contribution in [1.29, 1.82) is 0 Å². The van der Waals surface area contributed by atoms with Gasteiger partial charge in [-0.1, -0.05) is 54.9 Å². The number of nitrogens with zero attached hydrogens (tertiary/aromatic N) is 2. The molecule has 3 aromatic carbocycles. The van der Waals surface area contributed by atoms with Gasteiger partial charge in [0.1, 0.15) is 0 Å². The number of carbonyl (C=O) groups is 2. The molecule has 0 saturated heterocycles. The fraction of sp³-hybridized carbons (Fsp3) is 0.241. The van der Waals surface area contributed by atoms with Gasteiger partial charge in [0.25, 0.3) is 5.91 Å². The predicted molar refractivity (Wildman–Crippen MR) is 149 cm³/mol. The molecule has 1 aliphatic rings. The van der Waals surface area contributed by atoms with Gasteiger partial charge in [-0.15, -0.1) is 0 Å². The van der Waals surface area contributed by atoms with E-state index in [0.29, 0.717) is 34.9 Å².